The second kappa shape index (κ2) is 7.47. The number of carbonyl (C=O) groups is 2. The van der Waals surface area contributed by atoms with Gasteiger partial charge in [0.2, 0.25) is 11.8 Å². The molecule has 2 aromatic rings. The molecule has 1 fully saturated rings. The number of hydrogen-bond donors (Lipinski definition) is 2. The van der Waals surface area contributed by atoms with Gasteiger partial charge >= 0.3 is 0 Å². The topological polar surface area (TPSA) is 64.7 Å². The Hall–Kier alpha value is -3.02. The highest BCUT2D eigenvalue weighted by atomic mass is 16.2. The molecule has 6 nitrogen and oxygen atoms in total. The van der Waals surface area contributed by atoms with Gasteiger partial charge in [-0.05, 0) is 31.2 Å². The molecule has 2 amide bonds. The van der Waals surface area contributed by atoms with Gasteiger partial charge < -0.3 is 10.6 Å². The first-order chi connectivity index (χ1) is 12.5. The molecular formula is C20H24N4O2. The lowest BCUT2D eigenvalue weighted by Crippen LogP contribution is -2.48. The van der Waals surface area contributed by atoms with Crippen molar-refractivity contribution >= 4 is 28.9 Å². The molecule has 0 aliphatic carbocycles. The average molecular weight is 352 g/mol. The summed E-state index contributed by atoms with van der Waals surface area (Å²) in [5, 5.41) is 10.0. The molecular weight excluding hydrogens is 328 g/mol. The van der Waals surface area contributed by atoms with Crippen LogP contribution < -0.4 is 15.6 Å². The molecule has 0 radical (unpaired) electrons. The third kappa shape index (κ3) is 3.64. The number of hydrazine groups is 1. The van der Waals surface area contributed by atoms with Crippen LogP contribution in [-0.2, 0) is 9.59 Å². The Bertz CT molecular complexity index is 793. The van der Waals surface area contributed by atoms with Crippen LogP contribution in [0.1, 0.15) is 27.2 Å². The summed E-state index contributed by atoms with van der Waals surface area (Å²) in [6, 6.07) is 17.6. The van der Waals surface area contributed by atoms with E-state index < -0.39 is 0 Å². The first-order valence-electron chi connectivity index (χ1n) is 8.74. The van der Waals surface area contributed by atoms with Crippen LogP contribution >= 0.6 is 0 Å². The second-order valence-corrected chi connectivity index (χ2v) is 6.52. The van der Waals surface area contributed by atoms with Gasteiger partial charge in [0.15, 0.2) is 0 Å². The lowest BCUT2D eigenvalue weighted by Gasteiger charge is -2.35. The molecule has 1 aliphatic heterocycles. The molecule has 2 atom stereocenters. The van der Waals surface area contributed by atoms with Crippen LogP contribution in [0, 0.1) is 0 Å². The first kappa shape index (κ1) is 17.8. The number of para-hydroxylation sites is 3. The highest BCUT2D eigenvalue weighted by molar-refractivity contribution is 5.92. The van der Waals surface area contributed by atoms with Crippen LogP contribution in [0.3, 0.4) is 0 Å². The molecule has 2 aromatic carbocycles. The molecule has 1 aliphatic rings. The predicted molar refractivity (Wildman–Crippen MR) is 104 cm³/mol. The highest BCUT2D eigenvalue weighted by Crippen LogP contribution is 2.33. The molecule has 0 spiro atoms. The van der Waals surface area contributed by atoms with Crippen LogP contribution in [0.25, 0.3) is 0 Å². The van der Waals surface area contributed by atoms with Crippen LogP contribution in [-0.4, -0.2) is 29.0 Å². The largest absolute Gasteiger partial charge is 0.362 e. The Morgan fingerprint density at radius 3 is 2.19 bits per heavy atom. The zero-order valence-corrected chi connectivity index (χ0v) is 15.3. The van der Waals surface area contributed by atoms with Crippen molar-refractivity contribution in [2.24, 2.45) is 0 Å². The minimum absolute atomic E-state index is 0.0345. The van der Waals surface area contributed by atoms with Gasteiger partial charge in [0.25, 0.3) is 0 Å². The molecule has 1 heterocycles. The van der Waals surface area contributed by atoms with E-state index in [4.69, 9.17) is 0 Å². The third-order valence-corrected chi connectivity index (χ3v) is 4.41. The van der Waals surface area contributed by atoms with Gasteiger partial charge in [-0.1, -0.05) is 30.3 Å². The predicted octanol–water partition coefficient (Wildman–Crippen LogP) is 3.45. The fourth-order valence-electron chi connectivity index (χ4n) is 3.42. The summed E-state index contributed by atoms with van der Waals surface area (Å²) < 4.78 is 0. The number of hydrogen-bond acceptors (Lipinski definition) is 4. The smallest absolute Gasteiger partial charge is 0.239 e. The van der Waals surface area contributed by atoms with E-state index in [0.29, 0.717) is 5.69 Å². The van der Waals surface area contributed by atoms with Gasteiger partial charge in [-0.3, -0.25) is 14.6 Å². The van der Waals surface area contributed by atoms with Gasteiger partial charge in [0.05, 0.1) is 23.1 Å². The maximum absolute atomic E-state index is 12.4. The molecule has 1 saturated heterocycles. The van der Waals surface area contributed by atoms with E-state index in [9.17, 15) is 9.59 Å². The Kier molecular flexibility index (Phi) is 5.11. The van der Waals surface area contributed by atoms with Crippen molar-refractivity contribution in [2.45, 2.75) is 39.4 Å². The van der Waals surface area contributed by atoms with Crippen molar-refractivity contribution in [1.82, 2.24) is 5.01 Å². The van der Waals surface area contributed by atoms with Gasteiger partial charge in [-0.25, -0.2) is 5.01 Å². The van der Waals surface area contributed by atoms with Crippen LogP contribution in [0.5, 0.6) is 0 Å². The van der Waals surface area contributed by atoms with E-state index in [1.165, 1.54) is 6.92 Å². The van der Waals surface area contributed by atoms with Crippen LogP contribution in [0.15, 0.2) is 54.6 Å². The monoisotopic (exact) mass is 352 g/mol. The summed E-state index contributed by atoms with van der Waals surface area (Å²) in [5.74, 6) is -0.166. The molecule has 0 aromatic heterocycles. The number of rotatable bonds is 4. The summed E-state index contributed by atoms with van der Waals surface area (Å²) in [6.07, 6.45) is 0.570. The molecule has 3 rings (SSSR count). The number of benzene rings is 2. The standard InChI is InChI=1S/C20H24N4O2/c1-14-13-20(22-19-12-8-7-11-18(19)21-15(2)25)24(16(3)26)23(14)17-9-5-4-6-10-17/h4-12,14,20,22H,13H2,1-3H3,(H,21,25)/t14-,20-/m1/s1. The van der Waals surface area contributed by atoms with Crippen molar-refractivity contribution in [2.75, 3.05) is 15.6 Å². The van der Waals surface area contributed by atoms with E-state index in [1.54, 1.807) is 11.9 Å². The number of nitrogens with one attached hydrogen (secondary N) is 2. The Labute approximate surface area is 153 Å². The van der Waals surface area contributed by atoms with Gasteiger partial charge in [-0.15, -0.1) is 0 Å². The number of amides is 2. The maximum atomic E-state index is 12.4. The molecule has 0 bridgehead atoms. The normalized spacial score (nSPS) is 19.3. The van der Waals surface area contributed by atoms with E-state index in [-0.39, 0.29) is 24.0 Å². The fourth-order valence-corrected chi connectivity index (χ4v) is 3.42. The summed E-state index contributed by atoms with van der Waals surface area (Å²) in [4.78, 5) is 23.9. The summed E-state index contributed by atoms with van der Waals surface area (Å²) >= 11 is 0. The Morgan fingerprint density at radius 1 is 0.962 bits per heavy atom. The summed E-state index contributed by atoms with van der Waals surface area (Å²) in [5.41, 5.74) is 2.48. The average Bonchev–Trinajstić information content (AvgIpc) is 2.93. The third-order valence-electron chi connectivity index (χ3n) is 4.41. The molecule has 0 unspecified atom stereocenters. The van der Waals surface area contributed by atoms with Gasteiger partial charge in [0, 0.05) is 20.3 Å². The maximum Gasteiger partial charge on any atom is 0.239 e. The zero-order valence-electron chi connectivity index (χ0n) is 15.3. The first-order valence-corrected chi connectivity index (χ1v) is 8.74. The fraction of sp³-hybridized carbons (Fsp3) is 0.300. The molecule has 136 valence electrons. The van der Waals surface area contributed by atoms with Crippen molar-refractivity contribution in [1.29, 1.82) is 0 Å². The number of anilines is 3. The number of carbonyl (C=O) groups excluding carboxylic acids is 2. The van der Waals surface area contributed by atoms with E-state index in [2.05, 4.69) is 17.6 Å². The molecule has 2 N–H and O–H groups in total. The molecule has 0 saturated carbocycles. The lowest BCUT2D eigenvalue weighted by atomic mass is 10.2. The van der Waals surface area contributed by atoms with E-state index >= 15 is 0 Å². The number of nitrogens with zero attached hydrogens (tertiary/aromatic N) is 2. The van der Waals surface area contributed by atoms with Crippen LogP contribution in [0.2, 0.25) is 0 Å². The SMILES string of the molecule is CC(=O)Nc1ccccc1N[C@H]1C[C@@H](C)N(c2ccccc2)N1C(C)=O. The van der Waals surface area contributed by atoms with E-state index in [1.807, 2.05) is 59.6 Å². The zero-order chi connectivity index (χ0) is 18.7. The molecule has 6 heteroatoms. The van der Waals surface area contributed by atoms with Crippen molar-refractivity contribution in [3.05, 3.63) is 54.6 Å². The van der Waals surface area contributed by atoms with Crippen molar-refractivity contribution < 1.29 is 9.59 Å². The second-order valence-electron chi connectivity index (χ2n) is 6.52. The summed E-state index contributed by atoms with van der Waals surface area (Å²) in [7, 11) is 0. The molecule has 26 heavy (non-hydrogen) atoms. The van der Waals surface area contributed by atoms with Crippen LogP contribution in [0.4, 0.5) is 17.1 Å². The van der Waals surface area contributed by atoms with E-state index in [0.717, 1.165) is 17.8 Å². The quantitative estimate of drug-likeness (QED) is 0.885. The minimum Gasteiger partial charge on any atom is -0.362 e. The summed E-state index contributed by atoms with van der Waals surface area (Å²) in [6.45, 7) is 5.15. The Balaban J connectivity index is 1.89. The van der Waals surface area contributed by atoms with Gasteiger partial charge in [-0.2, -0.15) is 0 Å². The van der Waals surface area contributed by atoms with Gasteiger partial charge in [0.1, 0.15) is 6.17 Å². The highest BCUT2D eigenvalue weighted by Gasteiger charge is 2.39. The lowest BCUT2D eigenvalue weighted by molar-refractivity contribution is -0.130. The van der Waals surface area contributed by atoms with Crippen molar-refractivity contribution in [3.8, 4) is 0 Å². The minimum atomic E-state index is -0.197. The Morgan fingerprint density at radius 2 is 1.58 bits per heavy atom. The van der Waals surface area contributed by atoms with Crippen molar-refractivity contribution in [3.63, 3.8) is 0 Å².